The SMILES string of the molecule is CS(=O)(=O)N1CCCC(C(=O)Nc2ccc(-c3ccccc3)cc2)C1. The van der Waals surface area contributed by atoms with Crippen molar-refractivity contribution in [3.8, 4) is 11.1 Å². The summed E-state index contributed by atoms with van der Waals surface area (Å²) in [5.74, 6) is -0.432. The molecule has 1 saturated heterocycles. The molecule has 0 radical (unpaired) electrons. The van der Waals surface area contributed by atoms with Crippen LogP contribution < -0.4 is 5.32 Å². The Morgan fingerprint density at radius 3 is 2.32 bits per heavy atom. The third-order valence-electron chi connectivity index (χ3n) is 4.48. The standard InChI is InChI=1S/C19H22N2O3S/c1-25(23,24)21-13-5-8-17(14-21)19(22)20-18-11-9-16(10-12-18)15-6-3-2-4-7-15/h2-4,6-7,9-12,17H,5,8,13-14H2,1H3,(H,20,22). The molecule has 0 aromatic heterocycles. The number of carbonyl (C=O) groups excluding carboxylic acids is 1. The van der Waals surface area contributed by atoms with E-state index in [9.17, 15) is 13.2 Å². The second-order valence-electron chi connectivity index (χ2n) is 6.39. The molecule has 5 nitrogen and oxygen atoms in total. The van der Waals surface area contributed by atoms with Gasteiger partial charge in [-0.1, -0.05) is 42.5 Å². The maximum atomic E-state index is 12.5. The summed E-state index contributed by atoms with van der Waals surface area (Å²) in [4.78, 5) is 12.5. The Kier molecular flexibility index (Phi) is 5.20. The molecular formula is C19H22N2O3S. The lowest BCUT2D eigenvalue weighted by atomic mass is 9.98. The fourth-order valence-corrected chi connectivity index (χ4v) is 3.99. The Bertz CT molecular complexity index is 833. The maximum Gasteiger partial charge on any atom is 0.228 e. The van der Waals surface area contributed by atoms with Crippen molar-refractivity contribution in [3.63, 3.8) is 0 Å². The van der Waals surface area contributed by atoms with Crippen LogP contribution in [0.4, 0.5) is 5.69 Å². The van der Waals surface area contributed by atoms with Crippen LogP contribution in [0.5, 0.6) is 0 Å². The monoisotopic (exact) mass is 358 g/mol. The van der Waals surface area contributed by atoms with Crippen LogP contribution in [0.25, 0.3) is 11.1 Å². The van der Waals surface area contributed by atoms with Gasteiger partial charge >= 0.3 is 0 Å². The number of nitrogens with one attached hydrogen (secondary N) is 1. The van der Waals surface area contributed by atoms with Crippen molar-refractivity contribution in [1.29, 1.82) is 0 Å². The fourth-order valence-electron chi connectivity index (χ4n) is 3.08. The van der Waals surface area contributed by atoms with Crippen molar-refractivity contribution < 1.29 is 13.2 Å². The number of benzene rings is 2. The van der Waals surface area contributed by atoms with E-state index < -0.39 is 10.0 Å². The average molecular weight is 358 g/mol. The van der Waals surface area contributed by atoms with E-state index in [1.807, 2.05) is 54.6 Å². The van der Waals surface area contributed by atoms with Crippen LogP contribution in [-0.4, -0.2) is 38.0 Å². The smallest absolute Gasteiger partial charge is 0.228 e. The molecule has 1 aliphatic heterocycles. The summed E-state index contributed by atoms with van der Waals surface area (Å²) in [6.45, 7) is 0.751. The molecule has 1 unspecified atom stereocenters. The van der Waals surface area contributed by atoms with Gasteiger partial charge in [-0.15, -0.1) is 0 Å². The molecule has 1 N–H and O–H groups in total. The predicted octanol–water partition coefficient (Wildman–Crippen LogP) is 2.96. The summed E-state index contributed by atoms with van der Waals surface area (Å²) in [5.41, 5.74) is 2.93. The number of sulfonamides is 1. The number of rotatable bonds is 4. The van der Waals surface area contributed by atoms with Gasteiger partial charge in [-0.05, 0) is 36.1 Å². The van der Waals surface area contributed by atoms with Crippen LogP contribution in [0.1, 0.15) is 12.8 Å². The fraction of sp³-hybridized carbons (Fsp3) is 0.316. The number of amides is 1. The number of nitrogens with zero attached hydrogens (tertiary/aromatic N) is 1. The summed E-state index contributed by atoms with van der Waals surface area (Å²) in [6, 6.07) is 17.7. The van der Waals surface area contributed by atoms with E-state index in [2.05, 4.69) is 5.32 Å². The molecule has 1 aliphatic rings. The minimum atomic E-state index is -3.25. The van der Waals surface area contributed by atoms with Crippen LogP contribution >= 0.6 is 0 Å². The van der Waals surface area contributed by atoms with Crippen molar-refractivity contribution >= 4 is 21.6 Å². The number of carbonyl (C=O) groups is 1. The summed E-state index contributed by atoms with van der Waals surface area (Å²) in [5, 5.41) is 2.90. The summed E-state index contributed by atoms with van der Waals surface area (Å²) in [7, 11) is -3.25. The van der Waals surface area contributed by atoms with Gasteiger partial charge in [0.2, 0.25) is 15.9 Å². The Morgan fingerprint density at radius 2 is 1.68 bits per heavy atom. The van der Waals surface area contributed by atoms with Crippen LogP contribution in [0, 0.1) is 5.92 Å². The molecular weight excluding hydrogens is 336 g/mol. The first kappa shape index (κ1) is 17.6. The van der Waals surface area contributed by atoms with Gasteiger partial charge in [-0.2, -0.15) is 0 Å². The number of hydrogen-bond acceptors (Lipinski definition) is 3. The molecule has 6 heteroatoms. The van der Waals surface area contributed by atoms with E-state index in [0.717, 1.165) is 16.8 Å². The lowest BCUT2D eigenvalue weighted by molar-refractivity contribution is -0.120. The molecule has 2 aromatic rings. The zero-order chi connectivity index (χ0) is 17.9. The molecule has 1 atom stereocenters. The quantitative estimate of drug-likeness (QED) is 0.914. The third-order valence-corrected chi connectivity index (χ3v) is 5.75. The van der Waals surface area contributed by atoms with Gasteiger partial charge in [0.15, 0.2) is 0 Å². The van der Waals surface area contributed by atoms with Gasteiger partial charge in [0.1, 0.15) is 0 Å². The minimum Gasteiger partial charge on any atom is -0.326 e. The molecule has 1 heterocycles. The zero-order valence-corrected chi connectivity index (χ0v) is 15.0. The van der Waals surface area contributed by atoms with Crippen LogP contribution in [0.15, 0.2) is 54.6 Å². The van der Waals surface area contributed by atoms with E-state index in [4.69, 9.17) is 0 Å². The Morgan fingerprint density at radius 1 is 1.04 bits per heavy atom. The van der Waals surface area contributed by atoms with Crippen LogP contribution in [0.3, 0.4) is 0 Å². The highest BCUT2D eigenvalue weighted by Crippen LogP contribution is 2.23. The summed E-state index contributed by atoms with van der Waals surface area (Å²) >= 11 is 0. The third kappa shape index (κ3) is 4.46. The van der Waals surface area contributed by atoms with Gasteiger partial charge in [-0.25, -0.2) is 12.7 Å². The molecule has 132 valence electrons. The molecule has 1 amide bonds. The molecule has 0 saturated carbocycles. The van der Waals surface area contributed by atoms with Gasteiger partial charge in [0.05, 0.1) is 12.2 Å². The van der Waals surface area contributed by atoms with E-state index in [-0.39, 0.29) is 18.4 Å². The molecule has 0 spiro atoms. The molecule has 3 rings (SSSR count). The van der Waals surface area contributed by atoms with E-state index >= 15 is 0 Å². The number of anilines is 1. The summed E-state index contributed by atoms with van der Waals surface area (Å²) in [6.07, 6.45) is 2.60. The lowest BCUT2D eigenvalue weighted by Gasteiger charge is -2.30. The Balaban J connectivity index is 1.65. The van der Waals surface area contributed by atoms with Crippen LogP contribution in [-0.2, 0) is 14.8 Å². The molecule has 2 aromatic carbocycles. The molecule has 0 bridgehead atoms. The number of hydrogen-bond donors (Lipinski definition) is 1. The van der Waals surface area contributed by atoms with Crippen molar-refractivity contribution in [3.05, 3.63) is 54.6 Å². The first-order valence-corrected chi connectivity index (χ1v) is 10.2. The van der Waals surface area contributed by atoms with Gasteiger partial charge in [0, 0.05) is 18.8 Å². The largest absolute Gasteiger partial charge is 0.326 e. The van der Waals surface area contributed by atoms with E-state index in [1.54, 1.807) is 0 Å². The van der Waals surface area contributed by atoms with Crippen molar-refractivity contribution in [2.75, 3.05) is 24.7 Å². The maximum absolute atomic E-state index is 12.5. The highest BCUT2D eigenvalue weighted by Gasteiger charge is 2.30. The number of piperidine rings is 1. The Hall–Kier alpha value is -2.18. The molecule has 25 heavy (non-hydrogen) atoms. The van der Waals surface area contributed by atoms with Crippen molar-refractivity contribution in [2.24, 2.45) is 5.92 Å². The normalized spacial score (nSPS) is 18.7. The molecule has 0 aliphatic carbocycles. The topological polar surface area (TPSA) is 66.5 Å². The highest BCUT2D eigenvalue weighted by molar-refractivity contribution is 7.88. The zero-order valence-electron chi connectivity index (χ0n) is 14.2. The van der Waals surface area contributed by atoms with Gasteiger partial charge in [0.25, 0.3) is 0 Å². The lowest BCUT2D eigenvalue weighted by Crippen LogP contribution is -2.43. The van der Waals surface area contributed by atoms with Crippen molar-refractivity contribution in [2.45, 2.75) is 12.8 Å². The van der Waals surface area contributed by atoms with Crippen molar-refractivity contribution in [1.82, 2.24) is 4.31 Å². The first-order chi connectivity index (χ1) is 11.9. The first-order valence-electron chi connectivity index (χ1n) is 8.35. The highest BCUT2D eigenvalue weighted by atomic mass is 32.2. The summed E-state index contributed by atoms with van der Waals surface area (Å²) < 4.78 is 24.7. The van der Waals surface area contributed by atoms with E-state index in [1.165, 1.54) is 10.6 Å². The van der Waals surface area contributed by atoms with E-state index in [0.29, 0.717) is 19.4 Å². The second-order valence-corrected chi connectivity index (χ2v) is 8.38. The van der Waals surface area contributed by atoms with Gasteiger partial charge in [-0.3, -0.25) is 4.79 Å². The average Bonchev–Trinajstić information content (AvgIpc) is 2.62. The predicted molar refractivity (Wildman–Crippen MR) is 99.6 cm³/mol. The molecule has 1 fully saturated rings. The second kappa shape index (κ2) is 7.37. The minimum absolute atomic E-state index is 0.124. The van der Waals surface area contributed by atoms with Gasteiger partial charge < -0.3 is 5.32 Å². The van der Waals surface area contributed by atoms with Crippen LogP contribution in [0.2, 0.25) is 0 Å². The Labute approximate surface area is 148 Å².